The first-order chi connectivity index (χ1) is 10.5. The quantitative estimate of drug-likeness (QED) is 0.912. The maximum atomic E-state index is 12.3. The molecule has 1 aliphatic rings. The number of nitrogens with one attached hydrogen (secondary N) is 2. The lowest BCUT2D eigenvalue weighted by Gasteiger charge is -2.22. The average molecular weight is 316 g/mol. The lowest BCUT2D eigenvalue weighted by molar-refractivity contribution is -0.115. The second kappa shape index (κ2) is 5.88. The summed E-state index contributed by atoms with van der Waals surface area (Å²) in [6.45, 7) is 3.71. The molecule has 0 aliphatic carbocycles. The number of amides is 2. The van der Waals surface area contributed by atoms with Crippen molar-refractivity contribution in [3.63, 3.8) is 0 Å². The summed E-state index contributed by atoms with van der Waals surface area (Å²) in [4.78, 5) is 25.0. The second-order valence-electron chi connectivity index (χ2n) is 5.17. The Morgan fingerprint density at radius 2 is 2.23 bits per heavy atom. The van der Waals surface area contributed by atoms with E-state index in [9.17, 15) is 9.59 Å². The number of carbonyl (C=O) groups excluding carboxylic acids is 2. The first kappa shape index (κ1) is 14.7. The molecule has 2 N–H and O–H groups in total. The minimum atomic E-state index is -0.220. The zero-order chi connectivity index (χ0) is 15.7. The third-order valence-corrected chi connectivity index (χ3v) is 4.67. The first-order valence-corrected chi connectivity index (χ1v) is 7.88. The van der Waals surface area contributed by atoms with E-state index < -0.39 is 0 Å². The van der Waals surface area contributed by atoms with Crippen LogP contribution in [0.5, 0.6) is 0 Å². The maximum Gasteiger partial charge on any atom is 0.251 e. The summed E-state index contributed by atoms with van der Waals surface area (Å²) in [7, 11) is 0. The number of thioether (sulfide) groups is 1. The summed E-state index contributed by atoms with van der Waals surface area (Å²) in [6, 6.07) is 8.71. The fourth-order valence-corrected chi connectivity index (χ4v) is 3.17. The van der Waals surface area contributed by atoms with Crippen molar-refractivity contribution in [2.24, 2.45) is 0 Å². The highest BCUT2D eigenvalue weighted by Gasteiger charge is 2.24. The van der Waals surface area contributed by atoms with Crippen molar-refractivity contribution in [3.05, 3.63) is 47.9 Å². The van der Waals surface area contributed by atoms with Gasteiger partial charge in [0, 0.05) is 10.5 Å². The number of furan rings is 1. The summed E-state index contributed by atoms with van der Waals surface area (Å²) in [5.41, 5.74) is 1.19. The fraction of sp³-hybridized carbons (Fsp3) is 0.250. The lowest BCUT2D eigenvalue weighted by Crippen LogP contribution is -2.28. The summed E-state index contributed by atoms with van der Waals surface area (Å²) in [5, 5.41) is 5.58. The predicted octanol–water partition coefficient (Wildman–Crippen LogP) is 3.20. The van der Waals surface area contributed by atoms with Gasteiger partial charge in [0.15, 0.2) is 0 Å². The standard InChI is InChI=1S/C16H16N2O3S/c1-9(13-4-3-7-21-13)17-16(20)11-5-6-14-12(8-11)18-15(19)10(2)22-14/h3-10H,1-2H3,(H,17,20)(H,18,19)/t9-,10-/m0/s1. The van der Waals surface area contributed by atoms with Crippen molar-refractivity contribution in [2.45, 2.75) is 30.0 Å². The Morgan fingerprint density at radius 3 is 2.95 bits per heavy atom. The van der Waals surface area contributed by atoms with Crippen LogP contribution in [0.15, 0.2) is 45.9 Å². The van der Waals surface area contributed by atoms with E-state index in [1.165, 1.54) is 11.8 Å². The van der Waals surface area contributed by atoms with Crippen molar-refractivity contribution < 1.29 is 14.0 Å². The van der Waals surface area contributed by atoms with Gasteiger partial charge in [0.25, 0.3) is 5.91 Å². The molecule has 22 heavy (non-hydrogen) atoms. The van der Waals surface area contributed by atoms with Gasteiger partial charge in [-0.15, -0.1) is 11.8 Å². The average Bonchev–Trinajstić information content (AvgIpc) is 3.02. The van der Waals surface area contributed by atoms with E-state index >= 15 is 0 Å². The number of anilines is 1. The van der Waals surface area contributed by atoms with E-state index in [1.807, 2.05) is 26.0 Å². The van der Waals surface area contributed by atoms with E-state index in [1.54, 1.807) is 24.5 Å². The zero-order valence-corrected chi connectivity index (χ0v) is 13.1. The molecule has 2 heterocycles. The van der Waals surface area contributed by atoms with Crippen molar-refractivity contribution in [3.8, 4) is 0 Å². The van der Waals surface area contributed by atoms with Gasteiger partial charge in [-0.3, -0.25) is 9.59 Å². The Labute approximate surface area is 132 Å². The highest BCUT2D eigenvalue weighted by atomic mass is 32.2. The SMILES string of the molecule is C[C@@H]1Sc2ccc(C(=O)N[C@@H](C)c3ccco3)cc2NC1=O. The number of benzene rings is 1. The molecule has 2 amide bonds. The van der Waals surface area contributed by atoms with Gasteiger partial charge in [-0.05, 0) is 44.2 Å². The van der Waals surface area contributed by atoms with Gasteiger partial charge in [-0.25, -0.2) is 0 Å². The van der Waals surface area contributed by atoms with Crippen molar-refractivity contribution in [1.29, 1.82) is 0 Å². The molecule has 2 aromatic rings. The summed E-state index contributed by atoms with van der Waals surface area (Å²) >= 11 is 1.49. The molecule has 6 heteroatoms. The minimum absolute atomic E-state index is 0.0426. The third-order valence-electron chi connectivity index (χ3n) is 3.49. The van der Waals surface area contributed by atoms with Gasteiger partial charge in [0.1, 0.15) is 5.76 Å². The molecular weight excluding hydrogens is 300 g/mol. The molecule has 1 aliphatic heterocycles. The van der Waals surface area contributed by atoms with Gasteiger partial charge in [-0.1, -0.05) is 0 Å². The Morgan fingerprint density at radius 1 is 1.41 bits per heavy atom. The highest BCUT2D eigenvalue weighted by molar-refractivity contribution is 8.00. The van der Waals surface area contributed by atoms with E-state index in [-0.39, 0.29) is 23.1 Å². The van der Waals surface area contributed by atoms with Crippen LogP contribution in [0.3, 0.4) is 0 Å². The number of hydrogen-bond acceptors (Lipinski definition) is 4. The molecule has 2 atom stereocenters. The molecule has 114 valence electrons. The van der Waals surface area contributed by atoms with Crippen molar-refractivity contribution in [1.82, 2.24) is 5.32 Å². The van der Waals surface area contributed by atoms with E-state index in [4.69, 9.17) is 4.42 Å². The Kier molecular flexibility index (Phi) is 3.94. The monoisotopic (exact) mass is 316 g/mol. The van der Waals surface area contributed by atoms with E-state index in [2.05, 4.69) is 10.6 Å². The van der Waals surface area contributed by atoms with Gasteiger partial charge >= 0.3 is 0 Å². The van der Waals surface area contributed by atoms with Crippen LogP contribution in [0.2, 0.25) is 0 Å². The van der Waals surface area contributed by atoms with Gasteiger partial charge in [-0.2, -0.15) is 0 Å². The van der Waals surface area contributed by atoms with Crippen LogP contribution in [0.25, 0.3) is 0 Å². The summed E-state index contributed by atoms with van der Waals surface area (Å²) in [5.74, 6) is 0.451. The molecule has 0 bridgehead atoms. The van der Waals surface area contributed by atoms with E-state index in [0.29, 0.717) is 17.0 Å². The smallest absolute Gasteiger partial charge is 0.251 e. The number of rotatable bonds is 3. The Hall–Kier alpha value is -2.21. The van der Waals surface area contributed by atoms with Crippen LogP contribution in [0, 0.1) is 0 Å². The van der Waals surface area contributed by atoms with Crippen molar-refractivity contribution >= 4 is 29.3 Å². The molecule has 0 unspecified atom stereocenters. The normalized spacial score (nSPS) is 18.3. The van der Waals surface area contributed by atoms with Crippen molar-refractivity contribution in [2.75, 3.05) is 5.32 Å². The molecule has 0 saturated heterocycles. The van der Waals surface area contributed by atoms with Gasteiger partial charge in [0.2, 0.25) is 5.91 Å². The molecular formula is C16H16N2O3S. The highest BCUT2D eigenvalue weighted by Crippen LogP contribution is 2.35. The van der Waals surface area contributed by atoms with Crippen LogP contribution < -0.4 is 10.6 Å². The maximum absolute atomic E-state index is 12.3. The largest absolute Gasteiger partial charge is 0.467 e. The van der Waals surface area contributed by atoms with Gasteiger partial charge < -0.3 is 15.1 Å². The Balaban J connectivity index is 1.76. The second-order valence-corrected chi connectivity index (χ2v) is 6.55. The number of carbonyl (C=O) groups is 2. The van der Waals surface area contributed by atoms with E-state index in [0.717, 1.165) is 4.90 Å². The summed E-state index contributed by atoms with van der Waals surface area (Å²) in [6.07, 6.45) is 1.57. The molecule has 0 radical (unpaired) electrons. The number of fused-ring (bicyclic) bond motifs is 1. The third kappa shape index (κ3) is 2.87. The minimum Gasteiger partial charge on any atom is -0.467 e. The number of hydrogen-bond donors (Lipinski definition) is 2. The zero-order valence-electron chi connectivity index (χ0n) is 12.3. The van der Waals surface area contributed by atoms with Crippen LogP contribution >= 0.6 is 11.8 Å². The van der Waals surface area contributed by atoms with Crippen LogP contribution in [-0.4, -0.2) is 17.1 Å². The summed E-state index contributed by atoms with van der Waals surface area (Å²) < 4.78 is 5.27. The topological polar surface area (TPSA) is 71.3 Å². The van der Waals surface area contributed by atoms with Gasteiger partial charge in [0.05, 0.1) is 23.2 Å². The molecule has 3 rings (SSSR count). The molecule has 1 aromatic heterocycles. The van der Waals surface area contributed by atoms with Crippen LogP contribution in [0.1, 0.15) is 36.0 Å². The van der Waals surface area contributed by atoms with Crippen LogP contribution in [-0.2, 0) is 4.79 Å². The predicted molar refractivity (Wildman–Crippen MR) is 85.0 cm³/mol. The first-order valence-electron chi connectivity index (χ1n) is 7.00. The van der Waals surface area contributed by atoms with Crippen LogP contribution in [0.4, 0.5) is 5.69 Å². The lowest BCUT2D eigenvalue weighted by atomic mass is 10.1. The Bertz CT molecular complexity index is 712. The molecule has 0 fully saturated rings. The molecule has 5 nitrogen and oxygen atoms in total. The fourth-order valence-electron chi connectivity index (χ4n) is 2.24. The molecule has 1 aromatic carbocycles. The molecule has 0 saturated carbocycles. The molecule has 0 spiro atoms.